The second-order valence-corrected chi connectivity index (χ2v) is 4.80. The highest BCUT2D eigenvalue weighted by Crippen LogP contribution is 2.05. The van der Waals surface area contributed by atoms with Gasteiger partial charge in [0.25, 0.3) is 5.91 Å². The van der Waals surface area contributed by atoms with E-state index in [2.05, 4.69) is 10.3 Å². The van der Waals surface area contributed by atoms with Gasteiger partial charge in [-0.3, -0.25) is 9.78 Å². The van der Waals surface area contributed by atoms with Crippen LogP contribution in [0.2, 0.25) is 0 Å². The lowest BCUT2D eigenvalue weighted by atomic mass is 10.2. The van der Waals surface area contributed by atoms with Gasteiger partial charge < -0.3 is 10.4 Å². The highest BCUT2D eigenvalue weighted by molar-refractivity contribution is 7.98. The number of carbonyl (C=O) groups excluding carboxylic acids is 1. The van der Waals surface area contributed by atoms with E-state index in [0.717, 1.165) is 11.3 Å². The molecule has 1 amide bonds. The number of rotatable bonds is 6. The third-order valence-electron chi connectivity index (χ3n) is 2.32. The third kappa shape index (κ3) is 4.75. The van der Waals surface area contributed by atoms with Crippen LogP contribution in [0, 0.1) is 6.92 Å². The first-order valence-electron chi connectivity index (χ1n) is 5.49. The van der Waals surface area contributed by atoms with E-state index in [-0.39, 0.29) is 18.6 Å². The van der Waals surface area contributed by atoms with Gasteiger partial charge in [-0.15, -0.1) is 0 Å². The number of hydrogen-bond donors (Lipinski definition) is 2. The summed E-state index contributed by atoms with van der Waals surface area (Å²) in [6.07, 6.45) is 5.82. The molecular weight excluding hydrogens is 236 g/mol. The highest BCUT2D eigenvalue weighted by Gasteiger charge is 2.13. The fraction of sp³-hybridized carbons (Fsp3) is 0.500. The number of aliphatic hydroxyl groups is 1. The van der Waals surface area contributed by atoms with E-state index in [9.17, 15) is 4.79 Å². The maximum Gasteiger partial charge on any atom is 0.253 e. The molecular formula is C12H18N2O2S. The van der Waals surface area contributed by atoms with Crippen molar-refractivity contribution in [2.24, 2.45) is 0 Å². The smallest absolute Gasteiger partial charge is 0.253 e. The Morgan fingerprint density at radius 2 is 2.35 bits per heavy atom. The summed E-state index contributed by atoms with van der Waals surface area (Å²) in [5, 5.41) is 11.8. The first-order valence-corrected chi connectivity index (χ1v) is 6.89. The predicted octanol–water partition coefficient (Wildman–Crippen LogP) is 1.23. The van der Waals surface area contributed by atoms with Crippen LogP contribution in [0.25, 0.3) is 0 Å². The maximum absolute atomic E-state index is 11.9. The van der Waals surface area contributed by atoms with Crippen LogP contribution in [0.5, 0.6) is 0 Å². The van der Waals surface area contributed by atoms with Crippen LogP contribution in [-0.4, -0.2) is 40.7 Å². The summed E-state index contributed by atoms with van der Waals surface area (Å²) in [4.78, 5) is 15.9. The number of thioether (sulfide) groups is 1. The van der Waals surface area contributed by atoms with Crippen molar-refractivity contribution in [2.75, 3.05) is 18.6 Å². The van der Waals surface area contributed by atoms with E-state index in [1.807, 2.05) is 13.2 Å². The van der Waals surface area contributed by atoms with E-state index in [0.29, 0.717) is 12.0 Å². The molecule has 0 saturated heterocycles. The minimum absolute atomic E-state index is 0.00279. The van der Waals surface area contributed by atoms with Crippen LogP contribution in [0.3, 0.4) is 0 Å². The minimum Gasteiger partial charge on any atom is -0.396 e. The second kappa shape index (κ2) is 7.29. The first-order chi connectivity index (χ1) is 8.17. The van der Waals surface area contributed by atoms with Crippen molar-refractivity contribution < 1.29 is 9.90 Å². The van der Waals surface area contributed by atoms with Crippen molar-refractivity contribution in [1.29, 1.82) is 0 Å². The van der Waals surface area contributed by atoms with Crippen molar-refractivity contribution >= 4 is 17.7 Å². The standard InChI is InChI=1S/C12H18N2O2S/c1-9-5-10(7-13-6-9)12(16)14-11(3-4-15)8-17-2/h5-7,11,15H,3-4,8H2,1-2H3,(H,14,16)/t11-/m1/s1. The Hall–Kier alpha value is -1.07. The van der Waals surface area contributed by atoms with E-state index in [1.54, 1.807) is 30.2 Å². The van der Waals surface area contributed by atoms with Crippen molar-refractivity contribution in [1.82, 2.24) is 10.3 Å². The molecule has 0 unspecified atom stereocenters. The number of nitrogens with zero attached hydrogens (tertiary/aromatic N) is 1. The lowest BCUT2D eigenvalue weighted by Gasteiger charge is -2.16. The summed E-state index contributed by atoms with van der Waals surface area (Å²) in [5.41, 5.74) is 1.52. The number of aliphatic hydroxyl groups excluding tert-OH is 1. The Bertz CT molecular complexity index is 365. The number of nitrogens with one attached hydrogen (secondary N) is 1. The molecule has 0 fully saturated rings. The topological polar surface area (TPSA) is 62.2 Å². The largest absolute Gasteiger partial charge is 0.396 e. The summed E-state index contributed by atoms with van der Waals surface area (Å²) >= 11 is 1.65. The average molecular weight is 254 g/mol. The Morgan fingerprint density at radius 3 is 2.94 bits per heavy atom. The van der Waals surface area contributed by atoms with Gasteiger partial charge in [0.15, 0.2) is 0 Å². The van der Waals surface area contributed by atoms with Crippen molar-refractivity contribution in [2.45, 2.75) is 19.4 Å². The summed E-state index contributed by atoms with van der Waals surface area (Å²) in [6.45, 7) is 1.98. The summed E-state index contributed by atoms with van der Waals surface area (Å²) in [5.74, 6) is 0.666. The molecule has 2 N–H and O–H groups in total. The number of pyridine rings is 1. The molecule has 17 heavy (non-hydrogen) atoms. The molecule has 0 aliphatic rings. The molecule has 0 aliphatic carbocycles. The van der Waals surface area contributed by atoms with Crippen LogP contribution in [0.15, 0.2) is 18.5 Å². The molecule has 1 atom stereocenters. The molecule has 1 aromatic heterocycles. The number of hydrogen-bond acceptors (Lipinski definition) is 4. The SMILES string of the molecule is CSC[C@@H](CCO)NC(=O)c1cncc(C)c1. The van der Waals surface area contributed by atoms with Crippen LogP contribution >= 0.6 is 11.8 Å². The molecule has 5 heteroatoms. The molecule has 1 rings (SSSR count). The normalized spacial score (nSPS) is 12.2. The predicted molar refractivity (Wildman–Crippen MR) is 70.3 cm³/mol. The molecule has 0 aromatic carbocycles. The minimum atomic E-state index is -0.131. The average Bonchev–Trinajstić information content (AvgIpc) is 2.29. The van der Waals surface area contributed by atoms with Gasteiger partial charge in [-0.2, -0.15) is 11.8 Å². The van der Waals surface area contributed by atoms with Gasteiger partial charge >= 0.3 is 0 Å². The zero-order valence-corrected chi connectivity index (χ0v) is 11.0. The van der Waals surface area contributed by atoms with E-state index in [1.165, 1.54) is 0 Å². The molecule has 1 heterocycles. The van der Waals surface area contributed by atoms with Crippen LogP contribution in [0.1, 0.15) is 22.3 Å². The molecule has 0 spiro atoms. The first kappa shape index (κ1) is 14.0. The van der Waals surface area contributed by atoms with Crippen molar-refractivity contribution in [3.8, 4) is 0 Å². The summed E-state index contributed by atoms with van der Waals surface area (Å²) in [6, 6.07) is 1.81. The molecule has 4 nitrogen and oxygen atoms in total. The van der Waals surface area contributed by atoms with Crippen molar-refractivity contribution in [3.63, 3.8) is 0 Å². The van der Waals surface area contributed by atoms with Gasteiger partial charge in [-0.25, -0.2) is 0 Å². The van der Waals surface area contributed by atoms with Crippen LogP contribution < -0.4 is 5.32 Å². The fourth-order valence-electron chi connectivity index (χ4n) is 1.50. The Labute approximate surface area is 106 Å². The Balaban J connectivity index is 2.63. The van der Waals surface area contributed by atoms with Gasteiger partial charge in [0, 0.05) is 30.8 Å². The molecule has 94 valence electrons. The molecule has 0 saturated carbocycles. The molecule has 0 radical (unpaired) electrons. The zero-order valence-electron chi connectivity index (χ0n) is 10.1. The van der Waals surface area contributed by atoms with E-state index >= 15 is 0 Å². The van der Waals surface area contributed by atoms with Gasteiger partial charge in [0.1, 0.15) is 0 Å². The molecule has 0 aliphatic heterocycles. The van der Waals surface area contributed by atoms with Crippen LogP contribution in [0.4, 0.5) is 0 Å². The Morgan fingerprint density at radius 1 is 1.59 bits per heavy atom. The second-order valence-electron chi connectivity index (χ2n) is 3.89. The number of aryl methyl sites for hydroxylation is 1. The van der Waals surface area contributed by atoms with Gasteiger partial charge in [0.05, 0.1) is 5.56 Å². The van der Waals surface area contributed by atoms with Gasteiger partial charge in [0.2, 0.25) is 0 Å². The van der Waals surface area contributed by atoms with E-state index in [4.69, 9.17) is 5.11 Å². The number of carbonyl (C=O) groups is 1. The monoisotopic (exact) mass is 254 g/mol. The summed E-state index contributed by atoms with van der Waals surface area (Å²) < 4.78 is 0. The third-order valence-corrected chi connectivity index (χ3v) is 3.05. The zero-order chi connectivity index (χ0) is 12.7. The molecule has 1 aromatic rings. The molecule has 0 bridgehead atoms. The fourth-order valence-corrected chi connectivity index (χ4v) is 2.15. The summed E-state index contributed by atoms with van der Waals surface area (Å²) in [7, 11) is 0. The number of aromatic nitrogens is 1. The van der Waals surface area contributed by atoms with Gasteiger partial charge in [-0.1, -0.05) is 0 Å². The highest BCUT2D eigenvalue weighted by atomic mass is 32.2. The lowest BCUT2D eigenvalue weighted by Crippen LogP contribution is -2.37. The van der Waals surface area contributed by atoms with Crippen molar-refractivity contribution in [3.05, 3.63) is 29.6 Å². The number of amides is 1. The van der Waals surface area contributed by atoms with Crippen LogP contribution in [-0.2, 0) is 0 Å². The Kier molecular flexibility index (Phi) is 6.00. The lowest BCUT2D eigenvalue weighted by molar-refractivity contribution is 0.0935. The van der Waals surface area contributed by atoms with Gasteiger partial charge in [-0.05, 0) is 31.2 Å². The quantitative estimate of drug-likeness (QED) is 0.801. The maximum atomic E-state index is 11.9. The van der Waals surface area contributed by atoms with E-state index < -0.39 is 0 Å².